The summed E-state index contributed by atoms with van der Waals surface area (Å²) >= 11 is 0. The first-order valence-corrected chi connectivity index (χ1v) is 7.15. The Morgan fingerprint density at radius 3 is 2.80 bits per heavy atom. The Morgan fingerprint density at radius 2 is 2.15 bits per heavy atom. The largest absolute Gasteiger partial charge is 0.496 e. The predicted molar refractivity (Wildman–Crippen MR) is 81.2 cm³/mol. The third kappa shape index (κ3) is 3.64. The first-order chi connectivity index (χ1) is 9.74. The number of rotatable bonds is 7. The highest BCUT2D eigenvalue weighted by molar-refractivity contribution is 5.39. The molecule has 1 heterocycles. The summed E-state index contributed by atoms with van der Waals surface area (Å²) in [7, 11) is 1.72. The van der Waals surface area contributed by atoms with Crippen molar-refractivity contribution in [2.24, 2.45) is 0 Å². The molecule has 2 rings (SSSR count). The van der Waals surface area contributed by atoms with E-state index in [1.807, 2.05) is 18.2 Å². The van der Waals surface area contributed by atoms with Gasteiger partial charge in [-0.25, -0.2) is 0 Å². The van der Waals surface area contributed by atoms with Gasteiger partial charge in [-0.15, -0.1) is 0 Å². The molecule has 1 aromatic carbocycles. The van der Waals surface area contributed by atoms with E-state index < -0.39 is 0 Å². The second kappa shape index (κ2) is 7.15. The zero-order chi connectivity index (χ0) is 14.4. The lowest BCUT2D eigenvalue weighted by molar-refractivity contribution is 0.391. The van der Waals surface area contributed by atoms with Crippen molar-refractivity contribution in [2.45, 2.75) is 32.7 Å². The fourth-order valence-corrected chi connectivity index (χ4v) is 2.37. The van der Waals surface area contributed by atoms with E-state index in [-0.39, 0.29) is 6.04 Å². The fraction of sp³-hybridized carbons (Fsp3) is 0.412. The molecule has 0 saturated carbocycles. The first kappa shape index (κ1) is 14.7. The van der Waals surface area contributed by atoms with Crippen LogP contribution in [0.3, 0.4) is 0 Å². The molecule has 1 unspecified atom stereocenters. The quantitative estimate of drug-likeness (QED) is 0.831. The Morgan fingerprint density at radius 1 is 1.30 bits per heavy atom. The van der Waals surface area contributed by atoms with E-state index in [0.717, 1.165) is 30.9 Å². The number of hydrogen-bond acceptors (Lipinski definition) is 3. The van der Waals surface area contributed by atoms with Crippen molar-refractivity contribution in [1.29, 1.82) is 0 Å². The van der Waals surface area contributed by atoms with Gasteiger partial charge in [0.15, 0.2) is 0 Å². The second-order valence-electron chi connectivity index (χ2n) is 5.04. The van der Waals surface area contributed by atoms with Crippen LogP contribution in [0, 0.1) is 6.92 Å². The van der Waals surface area contributed by atoms with Crippen molar-refractivity contribution in [3.63, 3.8) is 0 Å². The lowest BCUT2D eigenvalue weighted by atomic mass is 9.99. The van der Waals surface area contributed by atoms with Gasteiger partial charge in [0.05, 0.1) is 13.4 Å². The molecule has 0 spiro atoms. The number of hydrogen-bond donors (Lipinski definition) is 1. The van der Waals surface area contributed by atoms with Gasteiger partial charge in [0, 0.05) is 18.0 Å². The van der Waals surface area contributed by atoms with Crippen LogP contribution >= 0.6 is 0 Å². The molecule has 0 radical (unpaired) electrons. The average molecular weight is 273 g/mol. The van der Waals surface area contributed by atoms with Gasteiger partial charge < -0.3 is 14.5 Å². The van der Waals surface area contributed by atoms with E-state index in [2.05, 4.69) is 31.3 Å². The van der Waals surface area contributed by atoms with Crippen LogP contribution in [0.1, 0.15) is 36.3 Å². The highest BCUT2D eigenvalue weighted by atomic mass is 16.5. The summed E-state index contributed by atoms with van der Waals surface area (Å²) in [4.78, 5) is 0. The van der Waals surface area contributed by atoms with Crippen LogP contribution in [0.15, 0.2) is 41.0 Å². The molecular formula is C17H23NO2. The zero-order valence-electron chi connectivity index (χ0n) is 12.5. The molecule has 20 heavy (non-hydrogen) atoms. The van der Waals surface area contributed by atoms with Gasteiger partial charge in [-0.3, -0.25) is 0 Å². The van der Waals surface area contributed by atoms with Crippen LogP contribution < -0.4 is 10.1 Å². The lowest BCUT2D eigenvalue weighted by Gasteiger charge is -2.21. The second-order valence-corrected chi connectivity index (χ2v) is 5.04. The van der Waals surface area contributed by atoms with Crippen molar-refractivity contribution in [3.8, 4) is 5.75 Å². The Labute approximate surface area is 121 Å². The first-order valence-electron chi connectivity index (χ1n) is 7.15. The molecule has 2 aromatic rings. The minimum Gasteiger partial charge on any atom is -0.496 e. The predicted octanol–water partition coefficient (Wildman–Crippen LogP) is 3.88. The molecular weight excluding hydrogens is 250 g/mol. The van der Waals surface area contributed by atoms with E-state index in [9.17, 15) is 0 Å². The zero-order valence-corrected chi connectivity index (χ0v) is 12.5. The number of benzene rings is 1. The fourth-order valence-electron chi connectivity index (χ4n) is 2.37. The smallest absolute Gasteiger partial charge is 0.123 e. The van der Waals surface area contributed by atoms with Gasteiger partial charge >= 0.3 is 0 Å². The van der Waals surface area contributed by atoms with Gasteiger partial charge in [0.25, 0.3) is 0 Å². The summed E-state index contributed by atoms with van der Waals surface area (Å²) in [5.41, 5.74) is 2.43. The number of ether oxygens (including phenoxy) is 1. The third-order valence-electron chi connectivity index (χ3n) is 3.39. The Hall–Kier alpha value is -1.74. The van der Waals surface area contributed by atoms with Crippen LogP contribution in [0.2, 0.25) is 0 Å². The topological polar surface area (TPSA) is 34.4 Å². The highest BCUT2D eigenvalue weighted by Crippen LogP contribution is 2.29. The molecule has 0 aliphatic rings. The Balaban J connectivity index is 2.27. The monoisotopic (exact) mass is 273 g/mol. The van der Waals surface area contributed by atoms with E-state index in [1.165, 1.54) is 11.1 Å². The van der Waals surface area contributed by atoms with Crippen molar-refractivity contribution < 1.29 is 9.15 Å². The van der Waals surface area contributed by atoms with Crippen molar-refractivity contribution in [1.82, 2.24) is 5.32 Å². The summed E-state index contributed by atoms with van der Waals surface area (Å²) in [6, 6.07) is 10.5. The van der Waals surface area contributed by atoms with Crippen molar-refractivity contribution in [2.75, 3.05) is 13.7 Å². The SMILES string of the molecule is CCCNC(Cc1ccco1)c1cc(C)ccc1OC. The maximum absolute atomic E-state index is 5.51. The van der Waals surface area contributed by atoms with Crippen LogP contribution in [-0.2, 0) is 6.42 Å². The summed E-state index contributed by atoms with van der Waals surface area (Å²) in [5, 5.41) is 3.59. The van der Waals surface area contributed by atoms with Gasteiger partial charge in [-0.2, -0.15) is 0 Å². The van der Waals surface area contributed by atoms with Crippen LogP contribution in [0.5, 0.6) is 5.75 Å². The van der Waals surface area contributed by atoms with Gasteiger partial charge in [-0.05, 0) is 38.1 Å². The Bertz CT molecular complexity index is 520. The molecule has 1 aromatic heterocycles. The molecule has 0 amide bonds. The molecule has 0 bridgehead atoms. The molecule has 3 nitrogen and oxygen atoms in total. The van der Waals surface area contributed by atoms with E-state index in [1.54, 1.807) is 13.4 Å². The number of methoxy groups -OCH3 is 1. The van der Waals surface area contributed by atoms with Crippen molar-refractivity contribution >= 4 is 0 Å². The molecule has 0 aliphatic heterocycles. The summed E-state index contributed by atoms with van der Waals surface area (Å²) in [5.74, 6) is 1.91. The van der Waals surface area contributed by atoms with E-state index in [0.29, 0.717) is 0 Å². The number of aryl methyl sites for hydroxylation is 1. The van der Waals surface area contributed by atoms with E-state index in [4.69, 9.17) is 9.15 Å². The minimum atomic E-state index is 0.205. The van der Waals surface area contributed by atoms with Crippen molar-refractivity contribution in [3.05, 3.63) is 53.5 Å². The molecule has 0 fully saturated rings. The molecule has 1 atom stereocenters. The molecule has 1 N–H and O–H groups in total. The van der Waals surface area contributed by atoms with Gasteiger partial charge in [0.2, 0.25) is 0 Å². The summed E-state index contributed by atoms with van der Waals surface area (Å²) in [6.07, 6.45) is 3.65. The minimum absolute atomic E-state index is 0.205. The maximum atomic E-state index is 5.51. The summed E-state index contributed by atoms with van der Waals surface area (Å²) < 4.78 is 11.0. The van der Waals surface area contributed by atoms with Crippen LogP contribution in [0.25, 0.3) is 0 Å². The molecule has 0 aliphatic carbocycles. The lowest BCUT2D eigenvalue weighted by Crippen LogP contribution is -2.24. The molecule has 3 heteroatoms. The molecule has 0 saturated heterocycles. The van der Waals surface area contributed by atoms with Gasteiger partial charge in [-0.1, -0.05) is 24.6 Å². The van der Waals surface area contributed by atoms with E-state index >= 15 is 0 Å². The Kier molecular flexibility index (Phi) is 5.24. The number of nitrogens with one attached hydrogen (secondary N) is 1. The third-order valence-corrected chi connectivity index (χ3v) is 3.39. The highest BCUT2D eigenvalue weighted by Gasteiger charge is 2.17. The van der Waals surface area contributed by atoms with Crippen LogP contribution in [-0.4, -0.2) is 13.7 Å². The number of furan rings is 1. The summed E-state index contributed by atoms with van der Waals surface area (Å²) in [6.45, 7) is 5.25. The van der Waals surface area contributed by atoms with Crippen LogP contribution in [0.4, 0.5) is 0 Å². The maximum Gasteiger partial charge on any atom is 0.123 e. The molecule has 108 valence electrons. The van der Waals surface area contributed by atoms with Gasteiger partial charge in [0.1, 0.15) is 11.5 Å². The normalized spacial score (nSPS) is 12.3. The standard InChI is InChI=1S/C17H23NO2/c1-4-9-18-16(12-14-6-5-10-20-14)15-11-13(2)7-8-17(15)19-3/h5-8,10-11,16,18H,4,9,12H2,1-3H3. The average Bonchev–Trinajstić information content (AvgIpc) is 2.96.